The average Bonchev–Trinajstić information content (AvgIpc) is 2.61. The summed E-state index contributed by atoms with van der Waals surface area (Å²) in [5.74, 6) is -0.459. The highest BCUT2D eigenvalue weighted by molar-refractivity contribution is 7.89. The Morgan fingerprint density at radius 3 is 2.43 bits per heavy atom. The van der Waals surface area contributed by atoms with E-state index >= 15 is 0 Å². The van der Waals surface area contributed by atoms with Gasteiger partial charge in [-0.15, -0.1) is 0 Å². The molecule has 6 nitrogen and oxygen atoms in total. The average molecular weight is 443 g/mol. The maximum Gasteiger partial charge on any atom is 0.255 e. The third-order valence-electron chi connectivity index (χ3n) is 4.28. The number of nitrogens with one attached hydrogen (secondary N) is 1. The molecule has 2 atom stereocenters. The standard InChI is InChI=1S/C19H20Cl2N2O4S/c1-12-10-23(11-13(2)27-12)28(25,26)18-8-14(6-7-17(18)21)19(24)22-16-5-3-4-15(20)9-16/h3-9,12-13H,10-11H2,1-2H3,(H,22,24). The summed E-state index contributed by atoms with van der Waals surface area (Å²) in [5, 5.41) is 3.24. The van der Waals surface area contributed by atoms with Crippen molar-refractivity contribution < 1.29 is 17.9 Å². The second-order valence-corrected chi connectivity index (χ2v) is 9.44. The van der Waals surface area contributed by atoms with E-state index in [4.69, 9.17) is 27.9 Å². The molecule has 2 unspecified atom stereocenters. The lowest BCUT2D eigenvalue weighted by molar-refractivity contribution is -0.0440. The number of benzene rings is 2. The molecule has 3 rings (SSSR count). The van der Waals surface area contributed by atoms with Crippen LogP contribution in [0.15, 0.2) is 47.4 Å². The Hall–Kier alpha value is -1.64. The zero-order valence-corrected chi connectivity index (χ0v) is 17.7. The van der Waals surface area contributed by atoms with Gasteiger partial charge in [0, 0.05) is 29.4 Å². The van der Waals surface area contributed by atoms with Crippen molar-refractivity contribution in [3.05, 3.63) is 58.1 Å². The van der Waals surface area contributed by atoms with Crippen LogP contribution in [0, 0.1) is 0 Å². The summed E-state index contributed by atoms with van der Waals surface area (Å²) in [6.45, 7) is 4.08. The maximum atomic E-state index is 13.1. The van der Waals surface area contributed by atoms with E-state index in [0.29, 0.717) is 10.7 Å². The topological polar surface area (TPSA) is 75.7 Å². The molecule has 28 heavy (non-hydrogen) atoms. The largest absolute Gasteiger partial charge is 0.373 e. The van der Waals surface area contributed by atoms with E-state index in [1.807, 2.05) is 13.8 Å². The fourth-order valence-corrected chi connectivity index (χ4v) is 5.36. The Balaban J connectivity index is 1.89. The quantitative estimate of drug-likeness (QED) is 0.774. The number of hydrogen-bond donors (Lipinski definition) is 1. The number of morpholine rings is 1. The van der Waals surface area contributed by atoms with Crippen LogP contribution in [0.1, 0.15) is 24.2 Å². The fraction of sp³-hybridized carbons (Fsp3) is 0.316. The molecule has 1 amide bonds. The number of sulfonamides is 1. The molecule has 9 heteroatoms. The minimum atomic E-state index is -3.87. The molecular weight excluding hydrogens is 423 g/mol. The number of anilines is 1. The maximum absolute atomic E-state index is 13.1. The molecular formula is C19H20Cl2N2O4S. The summed E-state index contributed by atoms with van der Waals surface area (Å²) in [5.41, 5.74) is 0.685. The molecule has 1 fully saturated rings. The van der Waals surface area contributed by atoms with Crippen LogP contribution in [-0.2, 0) is 14.8 Å². The van der Waals surface area contributed by atoms with Gasteiger partial charge in [0.05, 0.1) is 17.2 Å². The first-order chi connectivity index (χ1) is 13.2. The molecule has 0 aliphatic carbocycles. The van der Waals surface area contributed by atoms with Gasteiger partial charge in [0.15, 0.2) is 0 Å². The van der Waals surface area contributed by atoms with E-state index in [0.717, 1.165) is 0 Å². The number of hydrogen-bond acceptors (Lipinski definition) is 4. The third kappa shape index (κ3) is 4.67. The first kappa shape index (κ1) is 21.1. The minimum Gasteiger partial charge on any atom is -0.373 e. The summed E-state index contributed by atoms with van der Waals surface area (Å²) in [6, 6.07) is 10.9. The number of nitrogens with zero attached hydrogens (tertiary/aromatic N) is 1. The van der Waals surface area contributed by atoms with Crippen molar-refractivity contribution in [1.29, 1.82) is 0 Å². The summed E-state index contributed by atoms with van der Waals surface area (Å²) < 4.78 is 33.2. The van der Waals surface area contributed by atoms with E-state index in [2.05, 4.69) is 5.32 Å². The second-order valence-electron chi connectivity index (χ2n) is 6.69. The first-order valence-corrected chi connectivity index (χ1v) is 10.9. The highest BCUT2D eigenvalue weighted by Gasteiger charge is 2.33. The molecule has 0 saturated carbocycles. The normalized spacial score (nSPS) is 20.7. The number of carbonyl (C=O) groups is 1. The highest BCUT2D eigenvalue weighted by Crippen LogP contribution is 2.28. The van der Waals surface area contributed by atoms with Gasteiger partial charge in [-0.05, 0) is 50.2 Å². The third-order valence-corrected chi connectivity index (χ3v) is 6.83. The first-order valence-electron chi connectivity index (χ1n) is 8.69. The smallest absolute Gasteiger partial charge is 0.255 e. The van der Waals surface area contributed by atoms with Crippen molar-refractivity contribution in [2.75, 3.05) is 18.4 Å². The van der Waals surface area contributed by atoms with E-state index in [1.54, 1.807) is 24.3 Å². The molecule has 0 radical (unpaired) electrons. The molecule has 1 heterocycles. The van der Waals surface area contributed by atoms with Crippen LogP contribution in [0.25, 0.3) is 0 Å². The summed E-state index contributed by atoms with van der Waals surface area (Å²) in [7, 11) is -3.87. The van der Waals surface area contributed by atoms with Crippen molar-refractivity contribution in [3.63, 3.8) is 0 Å². The van der Waals surface area contributed by atoms with Gasteiger partial charge in [-0.1, -0.05) is 29.3 Å². The zero-order chi connectivity index (χ0) is 20.5. The lowest BCUT2D eigenvalue weighted by Gasteiger charge is -2.34. The van der Waals surface area contributed by atoms with Crippen LogP contribution in [0.3, 0.4) is 0 Å². The van der Waals surface area contributed by atoms with Crippen LogP contribution in [0.4, 0.5) is 5.69 Å². The molecule has 1 aliphatic rings. The molecule has 1 saturated heterocycles. The lowest BCUT2D eigenvalue weighted by atomic mass is 10.2. The molecule has 1 N–H and O–H groups in total. The van der Waals surface area contributed by atoms with Crippen LogP contribution in [-0.4, -0.2) is 43.9 Å². The van der Waals surface area contributed by atoms with Gasteiger partial charge in [0.1, 0.15) is 4.90 Å². The number of halogens is 2. The van der Waals surface area contributed by atoms with Crippen molar-refractivity contribution in [3.8, 4) is 0 Å². The minimum absolute atomic E-state index is 0.0612. The van der Waals surface area contributed by atoms with E-state index < -0.39 is 15.9 Å². The Bertz CT molecular complexity index is 987. The molecule has 2 aromatic carbocycles. The van der Waals surface area contributed by atoms with Crippen molar-refractivity contribution in [2.45, 2.75) is 31.0 Å². The van der Waals surface area contributed by atoms with Gasteiger partial charge in [0.25, 0.3) is 5.91 Å². The Morgan fingerprint density at radius 1 is 1.11 bits per heavy atom. The van der Waals surface area contributed by atoms with Crippen LogP contribution in [0.2, 0.25) is 10.0 Å². The predicted molar refractivity (Wildman–Crippen MR) is 110 cm³/mol. The SMILES string of the molecule is CC1CN(S(=O)(=O)c2cc(C(=O)Nc3cccc(Cl)c3)ccc2Cl)CC(C)O1. The van der Waals surface area contributed by atoms with Crippen molar-refractivity contribution in [1.82, 2.24) is 4.31 Å². The summed E-state index contributed by atoms with van der Waals surface area (Å²) >= 11 is 12.1. The van der Waals surface area contributed by atoms with E-state index in [9.17, 15) is 13.2 Å². The number of rotatable bonds is 4. The van der Waals surface area contributed by atoms with Crippen molar-refractivity contribution >= 4 is 44.8 Å². The van der Waals surface area contributed by atoms with E-state index in [-0.39, 0.29) is 40.8 Å². The highest BCUT2D eigenvalue weighted by atomic mass is 35.5. The van der Waals surface area contributed by atoms with Gasteiger partial charge in [-0.2, -0.15) is 4.31 Å². The molecule has 2 aromatic rings. The van der Waals surface area contributed by atoms with Crippen LogP contribution >= 0.6 is 23.2 Å². The van der Waals surface area contributed by atoms with Crippen LogP contribution in [0.5, 0.6) is 0 Å². The predicted octanol–water partition coefficient (Wildman–Crippen LogP) is 4.04. The molecule has 0 bridgehead atoms. The monoisotopic (exact) mass is 442 g/mol. The van der Waals surface area contributed by atoms with Gasteiger partial charge >= 0.3 is 0 Å². The molecule has 1 aliphatic heterocycles. The summed E-state index contributed by atoms with van der Waals surface area (Å²) in [6.07, 6.45) is -0.460. The van der Waals surface area contributed by atoms with Crippen LogP contribution < -0.4 is 5.32 Å². The number of carbonyl (C=O) groups excluding carboxylic acids is 1. The van der Waals surface area contributed by atoms with E-state index in [1.165, 1.54) is 22.5 Å². The molecule has 150 valence electrons. The Morgan fingerprint density at radius 2 is 1.79 bits per heavy atom. The molecule has 0 aromatic heterocycles. The van der Waals surface area contributed by atoms with Gasteiger partial charge in [-0.25, -0.2) is 8.42 Å². The zero-order valence-electron chi connectivity index (χ0n) is 15.4. The second kappa shape index (κ2) is 8.39. The number of ether oxygens (including phenoxy) is 1. The lowest BCUT2D eigenvalue weighted by Crippen LogP contribution is -2.48. The Labute approximate surface area is 174 Å². The Kier molecular flexibility index (Phi) is 6.31. The van der Waals surface area contributed by atoms with Gasteiger partial charge in [0.2, 0.25) is 10.0 Å². The van der Waals surface area contributed by atoms with Gasteiger partial charge < -0.3 is 10.1 Å². The van der Waals surface area contributed by atoms with Gasteiger partial charge in [-0.3, -0.25) is 4.79 Å². The fourth-order valence-electron chi connectivity index (χ4n) is 3.08. The molecule has 0 spiro atoms. The summed E-state index contributed by atoms with van der Waals surface area (Å²) in [4.78, 5) is 12.5. The number of amides is 1. The van der Waals surface area contributed by atoms with Crippen molar-refractivity contribution in [2.24, 2.45) is 0 Å².